The lowest BCUT2D eigenvalue weighted by Gasteiger charge is -2.08. The van der Waals surface area contributed by atoms with Crippen molar-refractivity contribution in [3.8, 4) is 0 Å². The Labute approximate surface area is 143 Å². The van der Waals surface area contributed by atoms with Crippen molar-refractivity contribution in [3.05, 3.63) is 57.1 Å². The van der Waals surface area contributed by atoms with E-state index < -0.39 is 0 Å². The molecule has 3 aromatic rings. The van der Waals surface area contributed by atoms with E-state index in [2.05, 4.69) is 9.97 Å². The number of esters is 1. The summed E-state index contributed by atoms with van der Waals surface area (Å²) < 4.78 is 5.30. The third-order valence-electron chi connectivity index (χ3n) is 3.45. The zero-order valence-electron chi connectivity index (χ0n) is 12.6. The summed E-state index contributed by atoms with van der Waals surface area (Å²) >= 11 is 7.72. The van der Waals surface area contributed by atoms with E-state index >= 15 is 0 Å². The number of hydrogen-bond acceptors (Lipinski definition) is 5. The molecule has 4 nitrogen and oxygen atoms in total. The quantitative estimate of drug-likeness (QED) is 0.509. The molecular weight excluding hydrogens is 332 g/mol. The minimum atomic E-state index is -0.251. The second-order valence-corrected chi connectivity index (χ2v) is 6.59. The van der Waals surface area contributed by atoms with Crippen LogP contribution in [0.4, 0.5) is 0 Å². The number of rotatable bonds is 5. The highest BCUT2D eigenvalue weighted by atomic mass is 35.5. The predicted octanol–water partition coefficient (Wildman–Crippen LogP) is 4.33. The normalized spacial score (nSPS) is 10.9. The van der Waals surface area contributed by atoms with Crippen LogP contribution in [0.25, 0.3) is 10.9 Å². The minimum Gasteiger partial charge on any atom is -0.461 e. The average molecular weight is 347 g/mol. The lowest BCUT2D eigenvalue weighted by Crippen LogP contribution is -2.06. The molecule has 118 valence electrons. The molecule has 0 radical (unpaired) electrons. The van der Waals surface area contributed by atoms with E-state index in [1.807, 2.05) is 31.2 Å². The fourth-order valence-corrected chi connectivity index (χ4v) is 3.02. The van der Waals surface area contributed by atoms with Gasteiger partial charge in [-0.05, 0) is 31.0 Å². The Morgan fingerprint density at radius 2 is 2.22 bits per heavy atom. The highest BCUT2D eigenvalue weighted by molar-refractivity contribution is 7.09. The molecule has 1 aromatic carbocycles. The van der Waals surface area contributed by atoms with Gasteiger partial charge in [0.1, 0.15) is 11.8 Å². The van der Waals surface area contributed by atoms with Crippen LogP contribution in [-0.2, 0) is 22.6 Å². The fourth-order valence-electron chi connectivity index (χ4n) is 2.22. The van der Waals surface area contributed by atoms with E-state index in [1.54, 1.807) is 11.7 Å². The van der Waals surface area contributed by atoms with Crippen molar-refractivity contribution >= 4 is 39.8 Å². The molecule has 2 heterocycles. The number of benzene rings is 1. The molecule has 0 aliphatic heterocycles. The van der Waals surface area contributed by atoms with Gasteiger partial charge < -0.3 is 4.74 Å². The number of aryl methyl sites for hydroxylation is 2. The maximum atomic E-state index is 11.8. The molecule has 6 heteroatoms. The summed E-state index contributed by atoms with van der Waals surface area (Å²) in [6.07, 6.45) is 2.75. The van der Waals surface area contributed by atoms with E-state index in [0.717, 1.165) is 21.3 Å². The minimum absolute atomic E-state index is 0.136. The number of halogens is 1. The van der Waals surface area contributed by atoms with Gasteiger partial charge >= 0.3 is 5.97 Å². The number of hydrogen-bond donors (Lipinski definition) is 0. The first kappa shape index (κ1) is 15.9. The average Bonchev–Trinajstić information content (AvgIpc) is 3.04. The molecule has 0 saturated heterocycles. The topological polar surface area (TPSA) is 52.1 Å². The highest BCUT2D eigenvalue weighted by Crippen LogP contribution is 2.22. The monoisotopic (exact) mass is 346 g/mol. The molecule has 23 heavy (non-hydrogen) atoms. The second-order valence-electron chi connectivity index (χ2n) is 5.26. The molecule has 0 spiro atoms. The molecule has 0 bridgehead atoms. The van der Waals surface area contributed by atoms with Gasteiger partial charge in [-0.15, -0.1) is 11.3 Å². The van der Waals surface area contributed by atoms with Crippen molar-refractivity contribution < 1.29 is 9.53 Å². The largest absolute Gasteiger partial charge is 0.461 e. The van der Waals surface area contributed by atoms with Gasteiger partial charge in [-0.1, -0.05) is 23.7 Å². The first-order valence-corrected chi connectivity index (χ1v) is 8.46. The molecule has 0 aliphatic carbocycles. The van der Waals surface area contributed by atoms with Crippen LogP contribution in [0.1, 0.15) is 22.4 Å². The van der Waals surface area contributed by atoms with E-state index in [4.69, 9.17) is 16.3 Å². The molecule has 0 amide bonds. The van der Waals surface area contributed by atoms with E-state index in [-0.39, 0.29) is 12.6 Å². The van der Waals surface area contributed by atoms with Gasteiger partial charge in [0.15, 0.2) is 0 Å². The Morgan fingerprint density at radius 1 is 1.35 bits per heavy atom. The first-order chi connectivity index (χ1) is 11.1. The van der Waals surface area contributed by atoms with Crippen LogP contribution in [0.3, 0.4) is 0 Å². The van der Waals surface area contributed by atoms with Gasteiger partial charge in [0.2, 0.25) is 0 Å². The van der Waals surface area contributed by atoms with Crippen molar-refractivity contribution in [1.82, 2.24) is 9.97 Å². The van der Waals surface area contributed by atoms with Crippen LogP contribution in [-0.4, -0.2) is 15.9 Å². The Hall–Kier alpha value is -1.98. The second kappa shape index (κ2) is 7.06. The maximum absolute atomic E-state index is 11.8. The van der Waals surface area contributed by atoms with Crippen molar-refractivity contribution in [3.63, 3.8) is 0 Å². The standard InChI is InChI=1S/C17H15ClN2O2S/c1-11-2-3-12-7-13(17(18)20-15(12)6-11)9-22-16(21)5-4-14-8-19-10-23-14/h2-3,6-8,10H,4-5,9H2,1H3. The van der Waals surface area contributed by atoms with Gasteiger partial charge in [0.05, 0.1) is 17.4 Å². The first-order valence-electron chi connectivity index (χ1n) is 7.20. The van der Waals surface area contributed by atoms with Gasteiger partial charge in [-0.2, -0.15) is 0 Å². The zero-order chi connectivity index (χ0) is 16.2. The van der Waals surface area contributed by atoms with Gasteiger partial charge in [0, 0.05) is 22.0 Å². The number of nitrogens with zero attached hydrogens (tertiary/aromatic N) is 2. The van der Waals surface area contributed by atoms with Gasteiger partial charge in [0.25, 0.3) is 0 Å². The Kier molecular flexibility index (Phi) is 4.88. The smallest absolute Gasteiger partial charge is 0.306 e. The van der Waals surface area contributed by atoms with Crippen LogP contribution >= 0.6 is 22.9 Å². The maximum Gasteiger partial charge on any atom is 0.306 e. The molecule has 0 N–H and O–H groups in total. The van der Waals surface area contributed by atoms with Gasteiger partial charge in [-0.25, -0.2) is 4.98 Å². The molecular formula is C17H15ClN2O2S. The summed E-state index contributed by atoms with van der Waals surface area (Å²) in [6.45, 7) is 2.14. The SMILES string of the molecule is Cc1ccc2cc(COC(=O)CCc3cncs3)c(Cl)nc2c1. The summed E-state index contributed by atoms with van der Waals surface area (Å²) in [7, 11) is 0. The molecule has 3 rings (SSSR count). The van der Waals surface area contributed by atoms with Crippen molar-refractivity contribution in [2.45, 2.75) is 26.4 Å². The number of aromatic nitrogens is 2. The summed E-state index contributed by atoms with van der Waals surface area (Å²) in [5, 5.41) is 1.36. The number of thiazole rings is 1. The summed E-state index contributed by atoms with van der Waals surface area (Å²) in [5.74, 6) is -0.251. The van der Waals surface area contributed by atoms with E-state index in [9.17, 15) is 4.79 Å². The third-order valence-corrected chi connectivity index (χ3v) is 4.61. The molecule has 0 saturated carbocycles. The summed E-state index contributed by atoms with van der Waals surface area (Å²) in [6, 6.07) is 7.90. The number of carbonyl (C=O) groups is 1. The summed E-state index contributed by atoms with van der Waals surface area (Å²) in [5.41, 5.74) is 4.44. The van der Waals surface area contributed by atoms with E-state index in [1.165, 1.54) is 11.3 Å². The summed E-state index contributed by atoms with van der Waals surface area (Å²) in [4.78, 5) is 21.3. The third kappa shape index (κ3) is 4.06. The molecule has 2 aromatic heterocycles. The molecule has 0 atom stereocenters. The fraction of sp³-hybridized carbons (Fsp3) is 0.235. The lowest BCUT2D eigenvalue weighted by atomic mass is 10.1. The lowest BCUT2D eigenvalue weighted by molar-refractivity contribution is -0.144. The Balaban J connectivity index is 1.63. The van der Waals surface area contributed by atoms with E-state index in [0.29, 0.717) is 23.6 Å². The Bertz CT molecular complexity index is 834. The molecule has 0 fully saturated rings. The van der Waals surface area contributed by atoms with Crippen LogP contribution < -0.4 is 0 Å². The number of fused-ring (bicyclic) bond motifs is 1. The predicted molar refractivity (Wildman–Crippen MR) is 91.7 cm³/mol. The van der Waals surface area contributed by atoms with Crippen molar-refractivity contribution in [2.75, 3.05) is 0 Å². The number of pyridine rings is 1. The van der Waals surface area contributed by atoms with Crippen LogP contribution in [0.2, 0.25) is 5.15 Å². The zero-order valence-corrected chi connectivity index (χ0v) is 14.2. The van der Waals surface area contributed by atoms with Crippen molar-refractivity contribution in [2.24, 2.45) is 0 Å². The van der Waals surface area contributed by atoms with Crippen LogP contribution in [0.5, 0.6) is 0 Å². The number of ether oxygens (including phenoxy) is 1. The number of carbonyl (C=O) groups excluding carboxylic acids is 1. The van der Waals surface area contributed by atoms with Crippen molar-refractivity contribution in [1.29, 1.82) is 0 Å². The molecule has 0 unspecified atom stereocenters. The van der Waals surface area contributed by atoms with Gasteiger partial charge in [-0.3, -0.25) is 9.78 Å². The van der Waals surface area contributed by atoms with Crippen LogP contribution in [0.15, 0.2) is 36.0 Å². The van der Waals surface area contributed by atoms with Crippen LogP contribution in [0, 0.1) is 6.92 Å². The Morgan fingerprint density at radius 3 is 3.00 bits per heavy atom. The highest BCUT2D eigenvalue weighted by Gasteiger charge is 2.09. The molecule has 0 aliphatic rings.